The molecule has 2 aliphatic carbocycles. The Morgan fingerprint density at radius 3 is 2.25 bits per heavy atom. The predicted molar refractivity (Wildman–Crippen MR) is 216 cm³/mol. The quantitative estimate of drug-likeness (QED) is 0.176. The van der Waals surface area contributed by atoms with Crippen LogP contribution in [0.1, 0.15) is 151 Å². The Morgan fingerprint density at radius 2 is 1.69 bits per heavy atom. The van der Waals surface area contributed by atoms with Crippen LogP contribution in [-0.2, 0) is 0 Å². The largest absolute Gasteiger partial charge is 0.0956 e. The van der Waals surface area contributed by atoms with Crippen molar-refractivity contribution in [3.05, 3.63) is 124 Å². The van der Waals surface area contributed by atoms with Crippen LogP contribution in [0.5, 0.6) is 0 Å². The third-order valence-corrected chi connectivity index (χ3v) is 11.7. The van der Waals surface area contributed by atoms with E-state index in [1.54, 1.807) is 0 Å². The average Bonchev–Trinajstić information content (AvgIpc) is 3.05. The van der Waals surface area contributed by atoms with E-state index in [9.17, 15) is 0 Å². The van der Waals surface area contributed by atoms with Crippen molar-refractivity contribution in [2.45, 2.75) is 140 Å². The molecule has 1 aromatic rings. The summed E-state index contributed by atoms with van der Waals surface area (Å²) >= 11 is 0. The number of rotatable bonds is 14. The summed E-state index contributed by atoms with van der Waals surface area (Å²) in [4.78, 5) is 0. The van der Waals surface area contributed by atoms with Gasteiger partial charge in [-0.15, -0.1) is 0 Å². The molecule has 1 fully saturated rings. The van der Waals surface area contributed by atoms with Gasteiger partial charge in [0.15, 0.2) is 0 Å². The fourth-order valence-electron chi connectivity index (χ4n) is 7.77. The first kappa shape index (κ1) is 39.6. The highest BCUT2D eigenvalue weighted by Crippen LogP contribution is 2.43. The Morgan fingerprint density at radius 1 is 1.00 bits per heavy atom. The van der Waals surface area contributed by atoms with Gasteiger partial charge in [0.05, 0.1) is 0 Å². The summed E-state index contributed by atoms with van der Waals surface area (Å²) in [7, 11) is 0. The summed E-state index contributed by atoms with van der Waals surface area (Å²) in [6.45, 7) is 34.8. The van der Waals surface area contributed by atoms with Gasteiger partial charge in [-0.05, 0) is 139 Å². The smallest absolute Gasteiger partial charge is 0.000449 e. The van der Waals surface area contributed by atoms with Gasteiger partial charge in [0.2, 0.25) is 0 Å². The molecule has 0 saturated heterocycles. The molecular weight excluding hydrogens is 577 g/mol. The highest BCUT2D eigenvalue weighted by Gasteiger charge is 2.30. The van der Waals surface area contributed by atoms with Crippen LogP contribution in [0.3, 0.4) is 0 Å². The van der Waals surface area contributed by atoms with E-state index in [2.05, 4.69) is 143 Å². The van der Waals surface area contributed by atoms with Crippen LogP contribution >= 0.6 is 0 Å². The number of benzene rings is 1. The van der Waals surface area contributed by atoms with Crippen LogP contribution in [0.25, 0.3) is 5.57 Å². The first-order valence-corrected chi connectivity index (χ1v) is 19.3. The normalized spacial score (nSPS) is 22.4. The van der Waals surface area contributed by atoms with E-state index in [1.807, 2.05) is 0 Å². The standard InChI is InChI=1S/C48H70/c1-14-17-18-39(15-2)20-28-47(42-24-22-41(23-25-42)43-26-21-40(16-3)36(8)30-43)38(10)37(9)35(7)29-44(33(4)5)31-45-32-46(48(11,12)13)27-19-34(45)6/h16,21-26,29-31,36,38-39,46-47H,6,9,14-15,17-20,27-28,32H2,1-5,7-8,10-13H3/b35-29+,40-16+,45-31-/t36?,38?,39?,46?,47-/m0/s1. The van der Waals surface area contributed by atoms with Gasteiger partial charge in [0.25, 0.3) is 0 Å². The fourth-order valence-corrected chi connectivity index (χ4v) is 7.77. The van der Waals surface area contributed by atoms with E-state index < -0.39 is 0 Å². The van der Waals surface area contributed by atoms with Crippen LogP contribution in [0.15, 0.2) is 113 Å². The van der Waals surface area contributed by atoms with E-state index in [-0.39, 0.29) is 0 Å². The Balaban J connectivity index is 1.91. The van der Waals surface area contributed by atoms with E-state index in [4.69, 9.17) is 6.58 Å². The molecule has 2 aliphatic rings. The average molecular weight is 647 g/mol. The molecule has 0 heterocycles. The minimum atomic E-state index is 0.319. The molecule has 262 valence electrons. The summed E-state index contributed by atoms with van der Waals surface area (Å²) in [5, 5.41) is 0. The Bertz CT molecular complexity index is 1430. The lowest BCUT2D eigenvalue weighted by atomic mass is 9.69. The van der Waals surface area contributed by atoms with E-state index in [0.29, 0.717) is 29.1 Å². The zero-order chi connectivity index (χ0) is 35.6. The molecule has 0 bridgehead atoms. The Kier molecular flexibility index (Phi) is 15.0. The van der Waals surface area contributed by atoms with Gasteiger partial charge in [-0.2, -0.15) is 0 Å². The van der Waals surface area contributed by atoms with Gasteiger partial charge in [-0.3, -0.25) is 0 Å². The number of hydrogen-bond acceptors (Lipinski definition) is 0. The highest BCUT2D eigenvalue weighted by atomic mass is 14.3. The van der Waals surface area contributed by atoms with Gasteiger partial charge in [-0.1, -0.05) is 159 Å². The molecule has 0 aliphatic heterocycles. The monoisotopic (exact) mass is 647 g/mol. The van der Waals surface area contributed by atoms with E-state index >= 15 is 0 Å². The van der Waals surface area contributed by atoms with Crippen molar-refractivity contribution in [2.24, 2.45) is 29.1 Å². The third kappa shape index (κ3) is 10.8. The molecule has 4 unspecified atom stereocenters. The molecule has 1 saturated carbocycles. The van der Waals surface area contributed by atoms with E-state index in [1.165, 1.54) is 101 Å². The summed E-state index contributed by atoms with van der Waals surface area (Å²) in [5.74, 6) is 2.74. The van der Waals surface area contributed by atoms with Crippen molar-refractivity contribution in [3.8, 4) is 0 Å². The number of hydrogen-bond donors (Lipinski definition) is 0. The topological polar surface area (TPSA) is 0 Å². The molecular formula is C48H70. The van der Waals surface area contributed by atoms with Crippen molar-refractivity contribution in [3.63, 3.8) is 0 Å². The van der Waals surface area contributed by atoms with Gasteiger partial charge in [0.1, 0.15) is 0 Å². The van der Waals surface area contributed by atoms with Crippen LogP contribution in [0.2, 0.25) is 0 Å². The number of unbranched alkanes of at least 4 members (excludes halogenated alkanes) is 1. The van der Waals surface area contributed by atoms with Crippen LogP contribution < -0.4 is 0 Å². The van der Waals surface area contributed by atoms with Crippen molar-refractivity contribution < 1.29 is 0 Å². The van der Waals surface area contributed by atoms with Crippen molar-refractivity contribution in [1.29, 1.82) is 0 Å². The molecule has 0 amide bonds. The van der Waals surface area contributed by atoms with Crippen LogP contribution in [0.4, 0.5) is 0 Å². The SMILES string of the molecule is C=C1CCC(C(C)(C)C)C/C1=C/C(/C=C(\C)C(=C)C(C)[C@H](CCC(CC)CCCC)c1ccc(C2=CC(C)/C(=C/C)C=C2)cc1)=C(C)C. The molecule has 0 N–H and O–H groups in total. The first-order valence-electron chi connectivity index (χ1n) is 19.3. The van der Waals surface area contributed by atoms with Gasteiger partial charge in [-0.25, -0.2) is 0 Å². The fraction of sp³-hybridized carbons (Fsp3) is 0.542. The van der Waals surface area contributed by atoms with Crippen molar-refractivity contribution >= 4 is 5.57 Å². The minimum Gasteiger partial charge on any atom is -0.0956 e. The Hall–Kier alpha value is -2.86. The maximum Gasteiger partial charge on any atom is -0.000449 e. The highest BCUT2D eigenvalue weighted by molar-refractivity contribution is 5.77. The van der Waals surface area contributed by atoms with Gasteiger partial charge < -0.3 is 0 Å². The van der Waals surface area contributed by atoms with Crippen LogP contribution in [0, 0.1) is 29.1 Å². The van der Waals surface area contributed by atoms with Gasteiger partial charge in [0, 0.05) is 0 Å². The lowest BCUT2D eigenvalue weighted by Crippen LogP contribution is -2.24. The minimum absolute atomic E-state index is 0.319. The zero-order valence-corrected chi connectivity index (χ0v) is 32.9. The third-order valence-electron chi connectivity index (χ3n) is 11.7. The summed E-state index contributed by atoms with van der Waals surface area (Å²) in [6.07, 6.45) is 25.2. The zero-order valence-electron chi connectivity index (χ0n) is 32.9. The lowest BCUT2D eigenvalue weighted by molar-refractivity contribution is 0.215. The molecule has 48 heavy (non-hydrogen) atoms. The van der Waals surface area contributed by atoms with Crippen molar-refractivity contribution in [2.75, 3.05) is 0 Å². The number of allylic oxidation sites excluding steroid dienone is 14. The van der Waals surface area contributed by atoms with Gasteiger partial charge >= 0.3 is 0 Å². The molecule has 5 atom stereocenters. The summed E-state index contributed by atoms with van der Waals surface area (Å²) < 4.78 is 0. The molecule has 0 radical (unpaired) electrons. The first-order chi connectivity index (χ1) is 22.7. The maximum absolute atomic E-state index is 4.78. The molecule has 0 aromatic heterocycles. The second kappa shape index (κ2) is 18.2. The molecule has 0 spiro atoms. The molecule has 0 nitrogen and oxygen atoms in total. The lowest BCUT2D eigenvalue weighted by Gasteiger charge is -2.36. The summed E-state index contributed by atoms with van der Waals surface area (Å²) in [5.41, 5.74) is 13.8. The second-order valence-electron chi connectivity index (χ2n) is 16.4. The van der Waals surface area contributed by atoms with Crippen LogP contribution in [-0.4, -0.2) is 0 Å². The molecule has 1 aromatic carbocycles. The van der Waals surface area contributed by atoms with E-state index in [0.717, 1.165) is 18.8 Å². The molecule has 0 heteroatoms. The summed E-state index contributed by atoms with van der Waals surface area (Å²) in [6, 6.07) is 9.53. The maximum atomic E-state index is 4.78. The second-order valence-corrected chi connectivity index (χ2v) is 16.4. The predicted octanol–water partition coefficient (Wildman–Crippen LogP) is 15.1. The van der Waals surface area contributed by atoms with Crippen molar-refractivity contribution in [1.82, 2.24) is 0 Å². The Labute approximate surface area is 297 Å². The molecule has 3 rings (SSSR count).